The summed E-state index contributed by atoms with van der Waals surface area (Å²) in [6.07, 6.45) is 0.205. The number of furan rings is 1. The smallest absolute Gasteiger partial charge is 0.289 e. The van der Waals surface area contributed by atoms with Crippen LogP contribution in [0.1, 0.15) is 27.3 Å². The van der Waals surface area contributed by atoms with Gasteiger partial charge in [0.25, 0.3) is 11.8 Å². The van der Waals surface area contributed by atoms with E-state index in [4.69, 9.17) is 16.0 Å². The Hall–Kier alpha value is -3.32. The summed E-state index contributed by atoms with van der Waals surface area (Å²) in [4.78, 5) is 40.7. The number of rotatable bonds is 5. The molecule has 0 saturated carbocycles. The fourth-order valence-electron chi connectivity index (χ4n) is 3.55. The van der Waals surface area contributed by atoms with E-state index in [1.807, 2.05) is 24.3 Å². The van der Waals surface area contributed by atoms with Crippen LogP contribution in [0.5, 0.6) is 0 Å². The lowest BCUT2D eigenvalue weighted by Crippen LogP contribution is -2.51. The molecule has 1 aliphatic heterocycles. The number of carbonyl (C=O) groups is 3. The third kappa shape index (κ3) is 4.88. The second kappa shape index (κ2) is 9.22. The molecule has 0 unspecified atom stereocenters. The van der Waals surface area contributed by atoms with Crippen LogP contribution in [0, 0.1) is 0 Å². The molecule has 160 valence electrons. The normalized spacial score (nSPS) is 14.0. The van der Waals surface area contributed by atoms with Gasteiger partial charge >= 0.3 is 0 Å². The minimum Gasteiger partial charge on any atom is -0.451 e. The second-order valence-electron chi connectivity index (χ2n) is 7.33. The average molecular weight is 440 g/mol. The lowest BCUT2D eigenvalue weighted by molar-refractivity contribution is -0.132. The second-order valence-corrected chi connectivity index (χ2v) is 7.77. The molecule has 0 bridgehead atoms. The molecule has 2 aromatic carbocycles. The Labute approximate surface area is 184 Å². The van der Waals surface area contributed by atoms with Crippen molar-refractivity contribution in [1.82, 2.24) is 15.1 Å². The number of benzene rings is 2. The molecule has 1 N–H and O–H groups in total. The summed E-state index contributed by atoms with van der Waals surface area (Å²) in [5.41, 5.74) is 1.18. The van der Waals surface area contributed by atoms with Crippen molar-refractivity contribution in [2.75, 3.05) is 32.7 Å². The highest BCUT2D eigenvalue weighted by molar-refractivity contribution is 6.30. The zero-order valence-corrected chi connectivity index (χ0v) is 17.6. The highest BCUT2D eigenvalue weighted by atomic mass is 35.5. The van der Waals surface area contributed by atoms with Crippen molar-refractivity contribution >= 4 is 40.3 Å². The fraction of sp³-hybridized carbons (Fsp3) is 0.261. The molecule has 3 aromatic rings. The highest BCUT2D eigenvalue weighted by Crippen LogP contribution is 2.20. The molecule has 4 rings (SSSR count). The van der Waals surface area contributed by atoms with Crippen LogP contribution in [-0.2, 0) is 4.79 Å². The lowest BCUT2D eigenvalue weighted by Gasteiger charge is -2.34. The van der Waals surface area contributed by atoms with Gasteiger partial charge in [0, 0.05) is 55.1 Å². The first kappa shape index (κ1) is 20.9. The molecule has 0 radical (unpaired) electrons. The average Bonchev–Trinajstić information content (AvgIpc) is 3.23. The minimum atomic E-state index is -0.245. The first-order valence-corrected chi connectivity index (χ1v) is 10.5. The molecular weight excluding hydrogens is 418 g/mol. The van der Waals surface area contributed by atoms with E-state index >= 15 is 0 Å². The van der Waals surface area contributed by atoms with Gasteiger partial charge in [-0.3, -0.25) is 14.4 Å². The standard InChI is InChI=1S/C23H22ClN3O4/c24-18-7-5-16(6-8-18)22(29)25-10-9-21(28)26-11-13-27(14-12-26)23(30)20-15-17-3-1-2-4-19(17)31-20/h1-8,15H,9-14H2,(H,25,29). The summed E-state index contributed by atoms with van der Waals surface area (Å²) in [6.45, 7) is 2.04. The van der Waals surface area contributed by atoms with Crippen LogP contribution in [0.3, 0.4) is 0 Å². The Morgan fingerprint density at radius 2 is 1.61 bits per heavy atom. The predicted molar refractivity (Wildman–Crippen MR) is 117 cm³/mol. The van der Waals surface area contributed by atoms with Crippen molar-refractivity contribution in [3.8, 4) is 0 Å². The summed E-state index contributed by atoms with van der Waals surface area (Å²) in [5.74, 6) is -0.151. The van der Waals surface area contributed by atoms with E-state index in [9.17, 15) is 14.4 Å². The molecule has 0 atom stereocenters. The van der Waals surface area contributed by atoms with Gasteiger partial charge in [0.15, 0.2) is 5.76 Å². The van der Waals surface area contributed by atoms with E-state index in [1.165, 1.54) is 0 Å². The molecule has 2 heterocycles. The van der Waals surface area contributed by atoms with Crippen LogP contribution in [0.2, 0.25) is 5.02 Å². The van der Waals surface area contributed by atoms with Crippen LogP contribution in [0.25, 0.3) is 11.0 Å². The van der Waals surface area contributed by atoms with Gasteiger partial charge in [0.1, 0.15) is 5.58 Å². The molecule has 0 spiro atoms. The number of hydrogen-bond donors (Lipinski definition) is 1. The molecule has 7 nitrogen and oxygen atoms in total. The maximum Gasteiger partial charge on any atom is 0.289 e. The van der Waals surface area contributed by atoms with Gasteiger partial charge in [-0.2, -0.15) is 0 Å². The molecular formula is C23H22ClN3O4. The summed E-state index contributed by atoms with van der Waals surface area (Å²) < 4.78 is 5.66. The molecule has 31 heavy (non-hydrogen) atoms. The van der Waals surface area contributed by atoms with E-state index in [2.05, 4.69) is 5.32 Å². The predicted octanol–water partition coefficient (Wildman–Crippen LogP) is 3.19. The highest BCUT2D eigenvalue weighted by Gasteiger charge is 2.26. The number of hydrogen-bond acceptors (Lipinski definition) is 4. The van der Waals surface area contributed by atoms with Gasteiger partial charge in [0.2, 0.25) is 5.91 Å². The van der Waals surface area contributed by atoms with Gasteiger partial charge in [-0.15, -0.1) is 0 Å². The molecule has 3 amide bonds. The first-order valence-electron chi connectivity index (χ1n) is 10.1. The Morgan fingerprint density at radius 3 is 2.32 bits per heavy atom. The molecule has 8 heteroatoms. The third-order valence-corrected chi connectivity index (χ3v) is 5.54. The van der Waals surface area contributed by atoms with Crippen LogP contribution < -0.4 is 5.32 Å². The minimum absolute atomic E-state index is 0.0488. The van der Waals surface area contributed by atoms with Crippen molar-refractivity contribution in [2.24, 2.45) is 0 Å². The van der Waals surface area contributed by atoms with Crippen molar-refractivity contribution in [2.45, 2.75) is 6.42 Å². The fourth-order valence-corrected chi connectivity index (χ4v) is 3.67. The molecule has 0 aliphatic carbocycles. The zero-order valence-electron chi connectivity index (χ0n) is 16.8. The maximum atomic E-state index is 12.7. The summed E-state index contributed by atoms with van der Waals surface area (Å²) in [5, 5.41) is 4.19. The van der Waals surface area contributed by atoms with E-state index < -0.39 is 0 Å². The maximum absolute atomic E-state index is 12.7. The number of nitrogens with one attached hydrogen (secondary N) is 1. The molecule has 1 aliphatic rings. The van der Waals surface area contributed by atoms with E-state index in [1.54, 1.807) is 40.1 Å². The van der Waals surface area contributed by atoms with Gasteiger partial charge < -0.3 is 19.5 Å². The Kier molecular flexibility index (Phi) is 6.23. The topological polar surface area (TPSA) is 82.9 Å². The van der Waals surface area contributed by atoms with Crippen molar-refractivity contribution in [3.63, 3.8) is 0 Å². The van der Waals surface area contributed by atoms with Crippen LogP contribution in [-0.4, -0.2) is 60.2 Å². The molecule has 1 aromatic heterocycles. The van der Waals surface area contributed by atoms with Gasteiger partial charge in [-0.05, 0) is 36.4 Å². The summed E-state index contributed by atoms with van der Waals surface area (Å²) in [6, 6.07) is 15.8. The number of amides is 3. The Balaban J connectivity index is 1.23. The zero-order chi connectivity index (χ0) is 21.8. The Morgan fingerprint density at radius 1 is 0.935 bits per heavy atom. The van der Waals surface area contributed by atoms with Crippen LogP contribution >= 0.6 is 11.6 Å². The molecule has 1 saturated heterocycles. The number of halogens is 1. The summed E-state index contributed by atoms with van der Waals surface area (Å²) in [7, 11) is 0. The monoisotopic (exact) mass is 439 g/mol. The van der Waals surface area contributed by atoms with E-state index in [-0.39, 0.29) is 30.7 Å². The SMILES string of the molecule is O=C(NCCC(=O)N1CCN(C(=O)c2cc3ccccc3o2)CC1)c1ccc(Cl)cc1. The number of carbonyl (C=O) groups excluding carboxylic acids is 3. The van der Waals surface area contributed by atoms with Crippen molar-refractivity contribution in [1.29, 1.82) is 0 Å². The van der Waals surface area contributed by atoms with Crippen LogP contribution in [0.15, 0.2) is 59.0 Å². The lowest BCUT2D eigenvalue weighted by atomic mass is 10.2. The van der Waals surface area contributed by atoms with Crippen molar-refractivity contribution in [3.05, 3.63) is 70.9 Å². The molecule has 1 fully saturated rings. The van der Waals surface area contributed by atoms with Gasteiger partial charge in [-0.1, -0.05) is 29.8 Å². The summed E-state index contributed by atoms with van der Waals surface area (Å²) >= 11 is 5.82. The van der Waals surface area contributed by atoms with Gasteiger partial charge in [-0.25, -0.2) is 0 Å². The first-order chi connectivity index (χ1) is 15.0. The largest absolute Gasteiger partial charge is 0.451 e. The Bertz CT molecular complexity index is 1070. The van der Waals surface area contributed by atoms with Crippen molar-refractivity contribution < 1.29 is 18.8 Å². The van der Waals surface area contributed by atoms with Crippen LogP contribution in [0.4, 0.5) is 0 Å². The van der Waals surface area contributed by atoms with E-state index in [0.717, 1.165) is 5.39 Å². The number of piperazine rings is 1. The quantitative estimate of drug-likeness (QED) is 0.661. The van der Waals surface area contributed by atoms with Gasteiger partial charge in [0.05, 0.1) is 0 Å². The third-order valence-electron chi connectivity index (χ3n) is 5.29. The number of nitrogens with zero attached hydrogens (tertiary/aromatic N) is 2. The number of para-hydroxylation sites is 1. The van der Waals surface area contributed by atoms with E-state index in [0.29, 0.717) is 48.1 Å². The number of fused-ring (bicyclic) bond motifs is 1.